The van der Waals surface area contributed by atoms with E-state index in [0.717, 1.165) is 31.6 Å². The summed E-state index contributed by atoms with van der Waals surface area (Å²) in [6.45, 7) is 0.921. The van der Waals surface area contributed by atoms with Crippen molar-refractivity contribution >= 4 is 10.9 Å². The molecule has 2 aliphatic carbocycles. The van der Waals surface area contributed by atoms with Crippen LogP contribution >= 0.6 is 0 Å². The van der Waals surface area contributed by atoms with Gasteiger partial charge in [0.05, 0.1) is 12.1 Å². The molecule has 0 radical (unpaired) electrons. The van der Waals surface area contributed by atoms with Crippen LogP contribution in [-0.4, -0.2) is 31.7 Å². The van der Waals surface area contributed by atoms with Gasteiger partial charge in [-0.1, -0.05) is 49.6 Å². The molecule has 0 bridgehead atoms. The van der Waals surface area contributed by atoms with Gasteiger partial charge in [0.2, 0.25) is 0 Å². The number of H-pyrrole nitrogens is 1. The van der Waals surface area contributed by atoms with E-state index < -0.39 is 0 Å². The van der Waals surface area contributed by atoms with Crippen LogP contribution in [0.5, 0.6) is 0 Å². The monoisotopic (exact) mass is 404 g/mol. The lowest BCUT2D eigenvalue weighted by Gasteiger charge is -2.30. The van der Waals surface area contributed by atoms with E-state index in [0.29, 0.717) is 12.0 Å². The zero-order valence-electron chi connectivity index (χ0n) is 17.6. The Balaban J connectivity index is 1.34. The van der Waals surface area contributed by atoms with Gasteiger partial charge in [-0.15, -0.1) is 5.10 Å². The number of tetrazole rings is 1. The molecule has 2 aromatic heterocycles. The number of aromatic amines is 1. The molecule has 0 saturated heterocycles. The van der Waals surface area contributed by atoms with Gasteiger partial charge >= 0.3 is 0 Å². The van der Waals surface area contributed by atoms with Gasteiger partial charge in [0.15, 0.2) is 5.82 Å². The van der Waals surface area contributed by atoms with Crippen molar-refractivity contribution in [3.8, 4) is 0 Å². The van der Waals surface area contributed by atoms with E-state index in [1.165, 1.54) is 55.0 Å². The van der Waals surface area contributed by atoms with Crippen LogP contribution in [0.2, 0.25) is 0 Å². The number of nitrogens with zero attached hydrogens (tertiary/aromatic N) is 4. The molecule has 0 aliphatic heterocycles. The topological polar surface area (TPSA) is 71.4 Å². The highest BCUT2D eigenvalue weighted by atomic mass is 15.6. The quantitative estimate of drug-likeness (QED) is 0.550. The minimum atomic E-state index is 0.206. The number of rotatable bonds is 7. The highest BCUT2D eigenvalue weighted by Gasteiger charge is 2.30. The van der Waals surface area contributed by atoms with Crippen molar-refractivity contribution in [3.05, 3.63) is 54.0 Å². The Morgan fingerprint density at radius 3 is 2.87 bits per heavy atom. The molecule has 2 aliphatic rings. The Morgan fingerprint density at radius 2 is 2.00 bits per heavy atom. The average Bonchev–Trinajstić information content (AvgIpc) is 3.45. The van der Waals surface area contributed by atoms with Crippen LogP contribution in [0.15, 0.2) is 42.6 Å². The van der Waals surface area contributed by atoms with Gasteiger partial charge in [0, 0.05) is 17.1 Å². The third-order valence-electron chi connectivity index (χ3n) is 6.93. The lowest BCUT2D eigenvalue weighted by molar-refractivity contribution is 0.274. The zero-order chi connectivity index (χ0) is 20.2. The molecule has 2 atom stereocenters. The summed E-state index contributed by atoms with van der Waals surface area (Å²) >= 11 is 0. The molecule has 30 heavy (non-hydrogen) atoms. The van der Waals surface area contributed by atoms with E-state index in [9.17, 15) is 0 Å². The highest BCUT2D eigenvalue weighted by molar-refractivity contribution is 5.83. The maximum atomic E-state index is 4.54. The smallest absolute Gasteiger partial charge is 0.168 e. The second-order valence-corrected chi connectivity index (χ2v) is 8.86. The summed E-state index contributed by atoms with van der Waals surface area (Å²) in [7, 11) is 0. The molecule has 5 rings (SSSR count). The van der Waals surface area contributed by atoms with Crippen molar-refractivity contribution in [3.63, 3.8) is 0 Å². The molecular weight excluding hydrogens is 372 g/mol. The first kappa shape index (κ1) is 19.5. The molecule has 1 fully saturated rings. The second kappa shape index (κ2) is 9.13. The Labute approximate surface area is 178 Å². The van der Waals surface area contributed by atoms with Gasteiger partial charge in [-0.3, -0.25) is 0 Å². The zero-order valence-corrected chi connectivity index (χ0v) is 17.6. The van der Waals surface area contributed by atoms with E-state index >= 15 is 0 Å². The number of allylic oxidation sites excluding steroid dienone is 2. The number of nitrogens with one attached hydrogen (secondary N) is 2. The van der Waals surface area contributed by atoms with Gasteiger partial charge in [0.25, 0.3) is 0 Å². The molecule has 0 spiro atoms. The third-order valence-corrected chi connectivity index (χ3v) is 6.93. The largest absolute Gasteiger partial charge is 0.361 e. The number of para-hydroxylation sites is 1. The summed E-state index contributed by atoms with van der Waals surface area (Å²) in [5, 5.41) is 18.3. The Morgan fingerprint density at radius 1 is 1.10 bits per heavy atom. The fraction of sp³-hybridized carbons (Fsp3) is 0.542. The van der Waals surface area contributed by atoms with Crippen LogP contribution in [0.25, 0.3) is 10.9 Å². The van der Waals surface area contributed by atoms with Crippen molar-refractivity contribution < 1.29 is 0 Å². The minimum absolute atomic E-state index is 0.206. The summed E-state index contributed by atoms with van der Waals surface area (Å²) in [4.78, 5) is 3.40. The number of benzene rings is 1. The summed E-state index contributed by atoms with van der Waals surface area (Å²) < 4.78 is 2.15. The van der Waals surface area contributed by atoms with Crippen LogP contribution in [0.4, 0.5) is 0 Å². The first-order chi connectivity index (χ1) is 14.9. The Bertz CT molecular complexity index is 980. The summed E-state index contributed by atoms with van der Waals surface area (Å²) in [6, 6.07) is 9.20. The molecule has 3 aromatic rings. The standard InChI is InChI=1S/C24H32N6/c1-3-9-18(10-4-1)23(24-27-28-29-30(24)20-11-5-2-6-12-20)25-16-15-19-17-26-22-14-8-7-13-21(19)22/h1,3,7-8,13-14,17-18,20,23,25-26H,2,4-6,9-12,15-16H2/t18-,23+/m0/s1. The maximum Gasteiger partial charge on any atom is 0.168 e. The predicted molar refractivity (Wildman–Crippen MR) is 119 cm³/mol. The van der Waals surface area contributed by atoms with E-state index in [4.69, 9.17) is 0 Å². The molecule has 1 saturated carbocycles. The number of hydrogen-bond donors (Lipinski definition) is 2. The van der Waals surface area contributed by atoms with Crippen molar-refractivity contribution in [1.82, 2.24) is 30.5 Å². The lowest BCUT2D eigenvalue weighted by Crippen LogP contribution is -2.34. The number of aromatic nitrogens is 5. The lowest BCUT2D eigenvalue weighted by atomic mass is 9.86. The van der Waals surface area contributed by atoms with E-state index in [2.05, 4.69) is 73.1 Å². The van der Waals surface area contributed by atoms with Crippen LogP contribution in [0.3, 0.4) is 0 Å². The fourth-order valence-corrected chi connectivity index (χ4v) is 5.28. The first-order valence-corrected chi connectivity index (χ1v) is 11.6. The summed E-state index contributed by atoms with van der Waals surface area (Å²) in [5.41, 5.74) is 2.58. The third kappa shape index (κ3) is 4.06. The van der Waals surface area contributed by atoms with Crippen LogP contribution in [-0.2, 0) is 6.42 Å². The number of fused-ring (bicyclic) bond motifs is 1. The van der Waals surface area contributed by atoms with Crippen LogP contribution < -0.4 is 5.32 Å². The summed E-state index contributed by atoms with van der Waals surface area (Å²) in [5.74, 6) is 1.59. The van der Waals surface area contributed by atoms with Crippen LogP contribution in [0, 0.1) is 5.92 Å². The molecule has 1 aromatic carbocycles. The first-order valence-electron chi connectivity index (χ1n) is 11.6. The molecule has 0 amide bonds. The predicted octanol–water partition coefficient (Wildman–Crippen LogP) is 4.89. The van der Waals surface area contributed by atoms with Gasteiger partial charge in [0.1, 0.15) is 0 Å². The van der Waals surface area contributed by atoms with Crippen LogP contribution in [0.1, 0.15) is 74.8 Å². The Hall–Kier alpha value is -2.47. The summed E-state index contributed by atoms with van der Waals surface area (Å²) in [6.07, 6.45) is 17.5. The molecule has 158 valence electrons. The van der Waals surface area contributed by atoms with Gasteiger partial charge in [-0.25, -0.2) is 4.68 Å². The highest BCUT2D eigenvalue weighted by Crippen LogP contribution is 2.34. The van der Waals surface area contributed by atoms with E-state index in [1.54, 1.807) is 0 Å². The molecule has 6 nitrogen and oxygen atoms in total. The van der Waals surface area contributed by atoms with E-state index in [1.807, 2.05) is 0 Å². The average molecular weight is 405 g/mol. The Kier molecular flexibility index (Phi) is 5.93. The molecule has 0 unspecified atom stereocenters. The maximum absolute atomic E-state index is 4.54. The van der Waals surface area contributed by atoms with Crippen molar-refractivity contribution in [1.29, 1.82) is 0 Å². The number of hydrogen-bond acceptors (Lipinski definition) is 4. The second-order valence-electron chi connectivity index (χ2n) is 8.86. The fourth-order valence-electron chi connectivity index (χ4n) is 5.28. The molecule has 6 heteroatoms. The normalized spacial score (nSPS) is 21.3. The molecule has 2 N–H and O–H groups in total. The van der Waals surface area contributed by atoms with Crippen molar-refractivity contribution in [2.75, 3.05) is 6.54 Å². The van der Waals surface area contributed by atoms with Gasteiger partial charge in [-0.2, -0.15) is 0 Å². The van der Waals surface area contributed by atoms with Crippen molar-refractivity contribution in [2.45, 2.75) is 69.9 Å². The van der Waals surface area contributed by atoms with Gasteiger partial charge in [-0.05, 0) is 73.0 Å². The molecule has 2 heterocycles. The molecular formula is C24H32N6. The van der Waals surface area contributed by atoms with E-state index in [-0.39, 0.29) is 6.04 Å². The minimum Gasteiger partial charge on any atom is -0.361 e. The SMILES string of the molecule is C1=CC[C@H]([C@@H](NCCc2c[nH]c3ccccc23)c2nnnn2C2CCCCC2)CC1. The van der Waals surface area contributed by atoms with Gasteiger partial charge < -0.3 is 10.3 Å². The van der Waals surface area contributed by atoms with Crippen molar-refractivity contribution in [2.24, 2.45) is 5.92 Å².